The lowest BCUT2D eigenvalue weighted by Crippen LogP contribution is -2.09. The van der Waals surface area contributed by atoms with Crippen LogP contribution in [0, 0.1) is 0 Å². The first-order chi connectivity index (χ1) is 43.6. The van der Waals surface area contributed by atoms with Crippen LogP contribution in [0.1, 0.15) is 0 Å². The Labute approximate surface area is 513 Å². The highest BCUT2D eigenvalue weighted by Gasteiger charge is 2.22. The number of pyridine rings is 2. The Morgan fingerprint density at radius 3 is 1.69 bits per heavy atom. The lowest BCUT2D eigenvalue weighted by atomic mass is 9.98. The van der Waals surface area contributed by atoms with Gasteiger partial charge in [-0.05, 0) is 190 Å². The lowest BCUT2D eigenvalue weighted by Gasteiger charge is -2.26. The normalized spacial score (nSPS) is 11.9. The molecule has 12 aromatic carbocycles. The molecule has 0 fully saturated rings. The fourth-order valence-electron chi connectivity index (χ4n) is 13.3. The van der Waals surface area contributed by atoms with Crippen molar-refractivity contribution in [2.24, 2.45) is 0 Å². The van der Waals surface area contributed by atoms with Crippen LogP contribution >= 0.6 is 22.7 Å². The molecule has 6 nitrogen and oxygen atoms in total. The molecule has 0 saturated heterocycles. The van der Waals surface area contributed by atoms with Crippen LogP contribution in [-0.2, 0) is 0 Å². The van der Waals surface area contributed by atoms with Crippen molar-refractivity contribution >= 4 is 152 Å². The molecule has 0 unspecified atom stereocenters. The summed E-state index contributed by atoms with van der Waals surface area (Å²) in [5.74, 6) is 0. The monoisotopic (exact) mass is 1160 g/mol. The maximum Gasteiger partial charge on any atom is 0.135 e. The van der Waals surface area contributed by atoms with Crippen molar-refractivity contribution < 1.29 is 4.42 Å². The third kappa shape index (κ3) is 8.37. The van der Waals surface area contributed by atoms with E-state index in [2.05, 4.69) is 280 Å². The van der Waals surface area contributed by atoms with Gasteiger partial charge < -0.3 is 18.8 Å². The predicted octanol–water partition coefficient (Wildman–Crippen LogP) is 23.3. The second-order valence-corrected chi connectivity index (χ2v) is 24.7. The van der Waals surface area contributed by atoms with Crippen LogP contribution < -0.4 is 9.80 Å². The SMILES string of the molecule is c1ccc(-n2c3ccc(N(c4ccc(-c5ccc6ccccc6c5)cc4)c4ccc5c(c4)sc4cccnc45)cc3c3ccc(-c4cccc(-c5ccc(N(c6ccc7c(c6)sc6cnccc67)c6ccc7oc8ccccc8c7c6)cc5)c4)cc32)cc1. The summed E-state index contributed by atoms with van der Waals surface area (Å²) in [6.07, 6.45) is 5.74. The Hall–Kier alpha value is -11.2. The van der Waals surface area contributed by atoms with Crippen molar-refractivity contribution in [3.8, 4) is 39.1 Å². The number of benzene rings is 12. The molecule has 6 aromatic heterocycles. The van der Waals surface area contributed by atoms with E-state index in [1.54, 1.807) is 22.7 Å². The molecule has 0 bridgehead atoms. The first-order valence-corrected chi connectivity index (χ1v) is 31.2. The van der Waals surface area contributed by atoms with Crippen molar-refractivity contribution in [3.63, 3.8) is 0 Å². The molecule has 0 atom stereocenters. The molecule has 18 aromatic rings. The van der Waals surface area contributed by atoms with Crippen LogP contribution in [0.2, 0.25) is 0 Å². The molecule has 0 radical (unpaired) electrons. The molecule has 0 saturated carbocycles. The zero-order valence-electron chi connectivity index (χ0n) is 47.3. The number of hydrogen-bond donors (Lipinski definition) is 0. The van der Waals surface area contributed by atoms with E-state index >= 15 is 0 Å². The van der Waals surface area contributed by atoms with Gasteiger partial charge in [0.05, 0.1) is 25.9 Å². The minimum absolute atomic E-state index is 0.871. The highest BCUT2D eigenvalue weighted by Crippen LogP contribution is 2.46. The molecular weight excluding hydrogens is 1110 g/mol. The summed E-state index contributed by atoms with van der Waals surface area (Å²) in [6, 6.07) is 102. The zero-order chi connectivity index (χ0) is 57.8. The highest BCUT2D eigenvalue weighted by molar-refractivity contribution is 7.26. The van der Waals surface area contributed by atoms with Crippen molar-refractivity contribution in [1.82, 2.24) is 14.5 Å². The molecule has 18 rings (SSSR count). The second-order valence-electron chi connectivity index (χ2n) is 22.6. The molecule has 0 amide bonds. The molecule has 0 aliphatic heterocycles. The highest BCUT2D eigenvalue weighted by atomic mass is 32.1. The summed E-state index contributed by atoms with van der Waals surface area (Å²) in [6.45, 7) is 0. The molecule has 8 heteroatoms. The molecule has 0 aliphatic rings. The molecule has 0 spiro atoms. The first kappa shape index (κ1) is 50.2. The van der Waals surface area contributed by atoms with Gasteiger partial charge in [0.25, 0.3) is 0 Å². The number of rotatable bonds is 10. The number of nitrogens with zero attached hydrogens (tertiary/aromatic N) is 5. The number of fused-ring (bicyclic) bond motifs is 13. The maximum absolute atomic E-state index is 6.31. The van der Waals surface area contributed by atoms with Crippen molar-refractivity contribution in [1.29, 1.82) is 0 Å². The standard InChI is InChI=1S/C80H49N5OS2/c1-2-14-58(15-3-1)85-72-37-32-61(83(64-31-36-69-78(48-64)87-76-18-9-40-82-80(69)76)59-28-23-52(24-29-59)56-20-19-50-10-4-5-11-53(50)43-56)45-70(72)65-34-25-57(44-73(65)85)55-13-8-12-54(42-55)51-21-26-60(27-22-51)84(62-33-38-75-71(46-62)66-16-6-7-17-74(66)86-75)63-30-35-67-68-39-41-81-49-79(68)88-77(67)47-63/h1-49H. The van der Waals surface area contributed by atoms with E-state index in [9.17, 15) is 0 Å². The summed E-state index contributed by atoms with van der Waals surface area (Å²) in [5.41, 5.74) is 19.6. The van der Waals surface area contributed by atoms with E-state index in [-0.39, 0.29) is 0 Å². The topological polar surface area (TPSA) is 50.3 Å². The Bertz CT molecular complexity index is 5780. The minimum atomic E-state index is 0.871. The molecule has 0 N–H and O–H groups in total. The number of furan rings is 1. The quantitative estimate of drug-likeness (QED) is 0.137. The van der Waals surface area contributed by atoms with Crippen molar-refractivity contribution in [2.45, 2.75) is 0 Å². The smallest absolute Gasteiger partial charge is 0.135 e. The molecule has 88 heavy (non-hydrogen) atoms. The van der Waals surface area contributed by atoms with Gasteiger partial charge in [-0.25, -0.2) is 0 Å². The second kappa shape index (κ2) is 20.2. The van der Waals surface area contributed by atoms with E-state index in [0.29, 0.717) is 0 Å². The summed E-state index contributed by atoms with van der Waals surface area (Å²) >= 11 is 3.57. The van der Waals surface area contributed by atoms with Crippen LogP contribution in [0.3, 0.4) is 0 Å². The summed E-state index contributed by atoms with van der Waals surface area (Å²) in [4.78, 5) is 14.0. The fraction of sp³-hybridized carbons (Fsp3) is 0. The predicted molar refractivity (Wildman–Crippen MR) is 373 cm³/mol. The van der Waals surface area contributed by atoms with Crippen molar-refractivity contribution in [3.05, 3.63) is 298 Å². The third-order valence-corrected chi connectivity index (χ3v) is 19.7. The molecule has 412 valence electrons. The van der Waals surface area contributed by atoms with Gasteiger partial charge in [0.15, 0.2) is 0 Å². The molecule has 6 heterocycles. The first-order valence-electron chi connectivity index (χ1n) is 29.6. The summed E-state index contributed by atoms with van der Waals surface area (Å²) in [5, 5.41) is 10.7. The van der Waals surface area contributed by atoms with E-state index < -0.39 is 0 Å². The van der Waals surface area contributed by atoms with Crippen LogP contribution in [0.15, 0.2) is 302 Å². The van der Waals surface area contributed by atoms with Gasteiger partial charge in [-0.1, -0.05) is 133 Å². The van der Waals surface area contributed by atoms with Crippen LogP contribution in [0.25, 0.3) is 134 Å². The average Bonchev–Trinajstić information content (AvgIpc) is 2.59. The van der Waals surface area contributed by atoms with Gasteiger partial charge in [-0.15, -0.1) is 22.7 Å². The number of thiophene rings is 2. The van der Waals surface area contributed by atoms with Crippen molar-refractivity contribution in [2.75, 3.05) is 9.80 Å². The summed E-state index contributed by atoms with van der Waals surface area (Å²) < 4.78 is 13.5. The van der Waals surface area contributed by atoms with Gasteiger partial charge in [0.1, 0.15) is 11.2 Å². The largest absolute Gasteiger partial charge is 0.456 e. The Balaban J connectivity index is 0.725. The van der Waals surface area contributed by atoms with Crippen LogP contribution in [0.4, 0.5) is 34.1 Å². The number of para-hydroxylation sites is 2. The lowest BCUT2D eigenvalue weighted by molar-refractivity contribution is 0.669. The van der Waals surface area contributed by atoms with E-state index in [1.165, 1.54) is 67.6 Å². The van der Waals surface area contributed by atoms with Gasteiger partial charge in [-0.3, -0.25) is 9.97 Å². The maximum atomic E-state index is 6.31. The van der Waals surface area contributed by atoms with Gasteiger partial charge in [0, 0.05) is 106 Å². The van der Waals surface area contributed by atoms with E-state index in [0.717, 1.165) is 101 Å². The Kier molecular flexibility index (Phi) is 11.5. The van der Waals surface area contributed by atoms with Crippen LogP contribution in [0.5, 0.6) is 0 Å². The molecule has 0 aliphatic carbocycles. The van der Waals surface area contributed by atoms with Gasteiger partial charge in [-0.2, -0.15) is 0 Å². The minimum Gasteiger partial charge on any atom is -0.456 e. The number of hydrogen-bond acceptors (Lipinski definition) is 7. The third-order valence-electron chi connectivity index (χ3n) is 17.5. The number of anilines is 6. The summed E-state index contributed by atoms with van der Waals surface area (Å²) in [7, 11) is 0. The Morgan fingerprint density at radius 1 is 0.307 bits per heavy atom. The van der Waals surface area contributed by atoms with E-state index in [1.807, 2.05) is 36.8 Å². The molecular formula is C80H49N5OS2. The fourth-order valence-corrected chi connectivity index (χ4v) is 15.5. The zero-order valence-corrected chi connectivity index (χ0v) is 48.9. The van der Waals surface area contributed by atoms with Gasteiger partial charge in [0.2, 0.25) is 0 Å². The van der Waals surface area contributed by atoms with E-state index in [4.69, 9.17) is 9.40 Å². The van der Waals surface area contributed by atoms with Gasteiger partial charge >= 0.3 is 0 Å². The average molecular weight is 1160 g/mol. The number of aromatic nitrogens is 3. The van der Waals surface area contributed by atoms with Crippen LogP contribution in [-0.4, -0.2) is 14.5 Å². The Morgan fingerprint density at radius 2 is 0.886 bits per heavy atom.